The second-order valence-electron chi connectivity index (χ2n) is 8.04. The second-order valence-corrected chi connectivity index (χ2v) is 8.04. The summed E-state index contributed by atoms with van der Waals surface area (Å²) in [6, 6.07) is 15.6. The van der Waals surface area contributed by atoms with E-state index in [1.807, 2.05) is 67.3 Å². The minimum Gasteiger partial charge on any atom is -0.352 e. The fourth-order valence-corrected chi connectivity index (χ4v) is 3.44. The number of amides is 3. The van der Waals surface area contributed by atoms with Crippen molar-refractivity contribution in [3.05, 3.63) is 59.7 Å². The fourth-order valence-electron chi connectivity index (χ4n) is 3.44. The summed E-state index contributed by atoms with van der Waals surface area (Å²) in [5.74, 6) is 0.894. The van der Waals surface area contributed by atoms with Gasteiger partial charge in [-0.25, -0.2) is 4.79 Å². The Hall–Kier alpha value is -3.55. The maximum atomic E-state index is 11.9. The maximum Gasteiger partial charge on any atom is 0.319 e. The van der Waals surface area contributed by atoms with Crippen LogP contribution in [0.25, 0.3) is 0 Å². The molecule has 1 aliphatic rings. The molecule has 1 fully saturated rings. The Morgan fingerprint density at radius 2 is 1.59 bits per heavy atom. The first-order chi connectivity index (χ1) is 15.4. The van der Waals surface area contributed by atoms with Gasteiger partial charge >= 0.3 is 6.03 Å². The van der Waals surface area contributed by atoms with E-state index < -0.39 is 0 Å². The van der Waals surface area contributed by atoms with E-state index >= 15 is 0 Å². The smallest absolute Gasteiger partial charge is 0.319 e. The van der Waals surface area contributed by atoms with Crippen LogP contribution in [-0.2, 0) is 17.9 Å². The van der Waals surface area contributed by atoms with Crippen molar-refractivity contribution in [3.8, 4) is 0 Å². The van der Waals surface area contributed by atoms with Crippen LogP contribution in [0.3, 0.4) is 0 Å². The summed E-state index contributed by atoms with van der Waals surface area (Å²) in [4.78, 5) is 29.8. The van der Waals surface area contributed by atoms with Gasteiger partial charge in [0.1, 0.15) is 0 Å². The first-order valence-electron chi connectivity index (χ1n) is 10.9. The van der Waals surface area contributed by atoms with E-state index in [1.54, 1.807) is 7.05 Å². The number of nitrogens with zero attached hydrogens (tertiary/aromatic N) is 2. The molecule has 32 heavy (non-hydrogen) atoms. The number of benzene rings is 2. The van der Waals surface area contributed by atoms with E-state index in [9.17, 15) is 9.59 Å². The number of hydrogen-bond donors (Lipinski definition) is 4. The molecular formula is C24H32N6O2. The molecule has 3 amide bonds. The molecule has 3 rings (SSSR count). The van der Waals surface area contributed by atoms with Crippen molar-refractivity contribution in [2.45, 2.75) is 45.8 Å². The van der Waals surface area contributed by atoms with Gasteiger partial charge in [-0.05, 0) is 55.7 Å². The van der Waals surface area contributed by atoms with E-state index in [1.165, 1.54) is 0 Å². The highest BCUT2D eigenvalue weighted by Crippen LogP contribution is 2.21. The molecule has 2 aromatic carbocycles. The Bertz CT molecular complexity index is 938. The summed E-state index contributed by atoms with van der Waals surface area (Å²) in [6.45, 7) is 5.87. The predicted octanol–water partition coefficient (Wildman–Crippen LogP) is 3.21. The molecule has 0 unspecified atom stereocenters. The lowest BCUT2D eigenvalue weighted by Crippen LogP contribution is -2.36. The van der Waals surface area contributed by atoms with Crippen LogP contribution in [0.15, 0.2) is 53.5 Å². The van der Waals surface area contributed by atoms with Gasteiger partial charge in [0.05, 0.1) is 0 Å². The topological polar surface area (TPSA) is 97.9 Å². The van der Waals surface area contributed by atoms with Crippen LogP contribution in [0, 0.1) is 0 Å². The standard InChI is InChI=1S/C24H32N6O2/c1-17(2)28-24(32)29-20-10-6-18(7-11-20)15-26-23(25-3)27-16-19-8-12-21(13-9-19)30-14-4-5-22(30)31/h6-13,17H,4-5,14-16H2,1-3H3,(H2,25,26,27)(H2,28,29,32). The van der Waals surface area contributed by atoms with Crippen LogP contribution in [-0.4, -0.2) is 37.5 Å². The second kappa shape index (κ2) is 11.2. The molecule has 0 saturated carbocycles. The highest BCUT2D eigenvalue weighted by molar-refractivity contribution is 5.95. The quantitative estimate of drug-likeness (QED) is 0.396. The maximum absolute atomic E-state index is 11.9. The summed E-state index contributed by atoms with van der Waals surface area (Å²) in [6.07, 6.45) is 1.56. The molecule has 0 spiro atoms. The lowest BCUT2D eigenvalue weighted by atomic mass is 10.2. The zero-order chi connectivity index (χ0) is 22.9. The molecule has 0 bridgehead atoms. The number of hydrogen-bond acceptors (Lipinski definition) is 3. The summed E-state index contributed by atoms with van der Waals surface area (Å²) >= 11 is 0. The number of guanidine groups is 1. The molecule has 0 aliphatic carbocycles. The normalized spacial score (nSPS) is 13.9. The molecule has 8 heteroatoms. The molecule has 0 aromatic heterocycles. The zero-order valence-electron chi connectivity index (χ0n) is 18.9. The predicted molar refractivity (Wildman–Crippen MR) is 129 cm³/mol. The van der Waals surface area contributed by atoms with Crippen molar-refractivity contribution in [1.82, 2.24) is 16.0 Å². The minimum atomic E-state index is -0.212. The Labute approximate surface area is 189 Å². The SMILES string of the molecule is CN=C(NCc1ccc(NC(=O)NC(C)C)cc1)NCc1ccc(N2CCCC2=O)cc1. The molecule has 1 saturated heterocycles. The van der Waals surface area contributed by atoms with E-state index in [-0.39, 0.29) is 18.0 Å². The van der Waals surface area contributed by atoms with Gasteiger partial charge in [0.15, 0.2) is 5.96 Å². The first-order valence-corrected chi connectivity index (χ1v) is 10.9. The van der Waals surface area contributed by atoms with Crippen LogP contribution in [0.1, 0.15) is 37.8 Å². The molecule has 8 nitrogen and oxygen atoms in total. The van der Waals surface area contributed by atoms with Gasteiger partial charge in [0.2, 0.25) is 5.91 Å². The number of anilines is 2. The number of urea groups is 1. The number of rotatable bonds is 7. The molecule has 170 valence electrons. The van der Waals surface area contributed by atoms with E-state index in [2.05, 4.69) is 26.3 Å². The van der Waals surface area contributed by atoms with Gasteiger partial charge in [-0.2, -0.15) is 0 Å². The van der Waals surface area contributed by atoms with Crippen LogP contribution in [0.4, 0.5) is 16.2 Å². The van der Waals surface area contributed by atoms with Gasteiger partial charge in [0.25, 0.3) is 0 Å². The van der Waals surface area contributed by atoms with Gasteiger partial charge < -0.3 is 26.2 Å². The number of carbonyl (C=O) groups excluding carboxylic acids is 2. The van der Waals surface area contributed by atoms with Crippen LogP contribution < -0.4 is 26.2 Å². The Morgan fingerprint density at radius 3 is 2.09 bits per heavy atom. The Morgan fingerprint density at radius 1 is 1.00 bits per heavy atom. The van der Waals surface area contributed by atoms with Crippen LogP contribution in [0.5, 0.6) is 0 Å². The molecule has 2 aromatic rings. The monoisotopic (exact) mass is 436 g/mol. The van der Waals surface area contributed by atoms with Crippen molar-refractivity contribution in [1.29, 1.82) is 0 Å². The number of nitrogens with one attached hydrogen (secondary N) is 4. The van der Waals surface area contributed by atoms with Crippen molar-refractivity contribution in [3.63, 3.8) is 0 Å². The Balaban J connectivity index is 1.44. The molecular weight excluding hydrogens is 404 g/mol. The summed E-state index contributed by atoms with van der Waals surface area (Å²) < 4.78 is 0. The minimum absolute atomic E-state index is 0.0879. The lowest BCUT2D eigenvalue weighted by Gasteiger charge is -2.16. The summed E-state index contributed by atoms with van der Waals surface area (Å²) in [7, 11) is 1.73. The van der Waals surface area contributed by atoms with E-state index in [4.69, 9.17) is 0 Å². The average molecular weight is 437 g/mol. The molecule has 0 radical (unpaired) electrons. The van der Waals surface area contributed by atoms with Crippen molar-refractivity contribution in [2.24, 2.45) is 4.99 Å². The molecule has 4 N–H and O–H groups in total. The summed E-state index contributed by atoms with van der Waals surface area (Å²) in [5.41, 5.74) is 3.88. The third-order valence-corrected chi connectivity index (χ3v) is 5.10. The third-order valence-electron chi connectivity index (χ3n) is 5.10. The van der Waals surface area contributed by atoms with E-state index in [0.29, 0.717) is 25.5 Å². The summed E-state index contributed by atoms with van der Waals surface area (Å²) in [5, 5.41) is 12.2. The van der Waals surface area contributed by atoms with Gasteiger partial charge in [-0.3, -0.25) is 9.79 Å². The zero-order valence-corrected chi connectivity index (χ0v) is 18.9. The van der Waals surface area contributed by atoms with E-state index in [0.717, 1.165) is 35.5 Å². The van der Waals surface area contributed by atoms with Crippen LogP contribution >= 0.6 is 0 Å². The largest absolute Gasteiger partial charge is 0.352 e. The average Bonchev–Trinajstić information content (AvgIpc) is 3.20. The molecule has 1 heterocycles. The van der Waals surface area contributed by atoms with Crippen molar-refractivity contribution < 1.29 is 9.59 Å². The fraction of sp³-hybridized carbons (Fsp3) is 0.375. The Kier molecular flexibility index (Phi) is 8.08. The highest BCUT2D eigenvalue weighted by atomic mass is 16.2. The molecule has 1 aliphatic heterocycles. The van der Waals surface area contributed by atoms with Crippen molar-refractivity contribution >= 4 is 29.3 Å². The van der Waals surface area contributed by atoms with Gasteiger partial charge in [-0.1, -0.05) is 24.3 Å². The highest BCUT2D eigenvalue weighted by Gasteiger charge is 2.21. The van der Waals surface area contributed by atoms with Gasteiger partial charge in [-0.15, -0.1) is 0 Å². The number of carbonyl (C=O) groups is 2. The lowest BCUT2D eigenvalue weighted by molar-refractivity contribution is -0.117. The van der Waals surface area contributed by atoms with Crippen molar-refractivity contribution in [2.75, 3.05) is 23.8 Å². The third kappa shape index (κ3) is 6.73. The molecule has 0 atom stereocenters. The van der Waals surface area contributed by atoms with Crippen LogP contribution in [0.2, 0.25) is 0 Å². The van der Waals surface area contributed by atoms with Gasteiger partial charge in [0, 0.05) is 50.5 Å². The number of aliphatic imine (C=N–C) groups is 1. The first kappa shape index (κ1) is 23.1.